The van der Waals surface area contributed by atoms with Gasteiger partial charge in [-0.05, 0) is 15.3 Å². The molecule has 0 aliphatic rings. The molecule has 0 fully saturated rings. The maximum atomic E-state index is 8.43. The third kappa shape index (κ3) is 15.7. The zero-order chi connectivity index (χ0) is 4.99. The molecular weight excluding hydrogens is 179 g/mol. The molecule has 0 spiro atoms. The number of rotatable bonds is 2. The van der Waals surface area contributed by atoms with Gasteiger partial charge in [-0.25, -0.2) is 0 Å². The summed E-state index contributed by atoms with van der Waals surface area (Å²) in [4.78, 5) is 0. The molecular formula is C3H12NOP2V-. The molecule has 0 amide bonds. The monoisotopic (exact) mass is 191 g/mol. The van der Waals surface area contributed by atoms with Crippen LogP contribution in [0.25, 0.3) is 0 Å². The van der Waals surface area contributed by atoms with Gasteiger partial charge in [-0.2, -0.15) is 0 Å². The summed E-state index contributed by atoms with van der Waals surface area (Å²) in [7, 11) is 3.03. The van der Waals surface area contributed by atoms with Crippen LogP contribution in [0.1, 0.15) is 6.92 Å². The maximum Gasteiger partial charge on any atom is 0.105 e. The number of hydrogen-bond donors (Lipinski definition) is 2. The molecule has 2 nitrogen and oxygen atoms in total. The van der Waals surface area contributed by atoms with E-state index in [4.69, 9.17) is 5.11 Å². The van der Waals surface area contributed by atoms with E-state index in [1.54, 1.807) is 6.92 Å². The fraction of sp³-hybridized carbons (Fsp3) is 0.667. The van der Waals surface area contributed by atoms with Crippen LogP contribution in [0.4, 0.5) is 0 Å². The van der Waals surface area contributed by atoms with Gasteiger partial charge in [-0.3, -0.25) is 5.09 Å². The van der Waals surface area contributed by atoms with E-state index < -0.39 is 0 Å². The number of hydrogen-bond acceptors (Lipinski definition) is 2. The van der Waals surface area contributed by atoms with Gasteiger partial charge in [-0.1, -0.05) is 8.93 Å². The normalized spacial score (nSPS) is 12.4. The molecule has 1 radical (unpaired) electrons. The van der Waals surface area contributed by atoms with E-state index >= 15 is 0 Å². The van der Waals surface area contributed by atoms with Gasteiger partial charge in [0.05, 0.1) is 0 Å². The average Bonchev–Trinajstić information content (AvgIpc) is 1.35. The molecule has 0 heterocycles. The third-order valence-corrected chi connectivity index (χ3v) is 1.38. The van der Waals surface area contributed by atoms with Gasteiger partial charge >= 0.3 is 0 Å². The predicted molar refractivity (Wildman–Crippen MR) is 39.3 cm³/mol. The zero-order valence-corrected chi connectivity index (χ0v) is 8.60. The Kier molecular flexibility index (Phi) is 22.6. The molecule has 0 saturated carbocycles. The van der Waals surface area contributed by atoms with Crippen molar-refractivity contribution in [2.75, 3.05) is 0 Å². The van der Waals surface area contributed by atoms with Gasteiger partial charge in [0, 0.05) is 18.6 Å². The van der Waals surface area contributed by atoms with Crippen molar-refractivity contribution in [2.45, 2.75) is 13.2 Å². The number of aliphatic hydroxyl groups excluding tert-OH is 1. The van der Waals surface area contributed by atoms with Crippen molar-refractivity contribution in [3.8, 4) is 0 Å². The van der Waals surface area contributed by atoms with Gasteiger partial charge in [0.2, 0.25) is 0 Å². The smallest absolute Gasteiger partial charge is 0.105 e. The Bertz CT molecular complexity index is 38.5. The summed E-state index contributed by atoms with van der Waals surface area (Å²) >= 11 is 0. The van der Waals surface area contributed by atoms with Crippen LogP contribution in [0.3, 0.4) is 0 Å². The summed E-state index contributed by atoms with van der Waals surface area (Å²) < 4.78 is 0. The van der Waals surface area contributed by atoms with E-state index in [9.17, 15) is 0 Å². The van der Waals surface area contributed by atoms with Gasteiger partial charge in [0.1, 0.15) is 6.23 Å². The second-order valence-electron chi connectivity index (χ2n) is 0.965. The minimum atomic E-state index is -0.360. The van der Waals surface area contributed by atoms with Crippen molar-refractivity contribution in [1.82, 2.24) is 5.09 Å². The summed E-state index contributed by atoms with van der Waals surface area (Å²) in [6, 6.07) is 0. The quantitative estimate of drug-likeness (QED) is 0.383. The Labute approximate surface area is 67.0 Å². The van der Waals surface area contributed by atoms with E-state index in [0.29, 0.717) is 8.42 Å². The first kappa shape index (κ1) is 16.2. The zero-order valence-electron chi connectivity index (χ0n) is 5.05. The third-order valence-electron chi connectivity index (χ3n) is 0.292. The van der Waals surface area contributed by atoms with Crippen LogP contribution >= 0.6 is 17.3 Å². The first-order valence-corrected chi connectivity index (χ1v) is 4.47. The van der Waals surface area contributed by atoms with E-state index in [1.165, 1.54) is 0 Å². The Morgan fingerprint density at radius 2 is 2.12 bits per heavy atom. The largest absolute Gasteiger partial charge is 0.379 e. The molecule has 3 atom stereocenters. The molecule has 0 aromatic heterocycles. The molecule has 0 rings (SSSR count). The van der Waals surface area contributed by atoms with Gasteiger partial charge in [-0.15, -0.1) is 0 Å². The van der Waals surface area contributed by atoms with Gasteiger partial charge in [0.15, 0.2) is 0 Å². The Morgan fingerprint density at radius 1 is 1.75 bits per heavy atom. The number of aliphatic hydroxyl groups is 1. The van der Waals surface area contributed by atoms with Crippen molar-refractivity contribution < 1.29 is 23.7 Å². The van der Waals surface area contributed by atoms with Crippen LogP contribution in [-0.4, -0.2) is 11.3 Å². The van der Waals surface area contributed by atoms with Crippen molar-refractivity contribution in [3.05, 3.63) is 7.43 Å². The molecule has 0 aromatic carbocycles. The second-order valence-corrected chi connectivity index (χ2v) is 2.41. The molecule has 0 aliphatic carbocycles. The fourth-order valence-corrected chi connectivity index (χ4v) is 1.09. The molecule has 5 heteroatoms. The number of nitrogens with one attached hydrogen (secondary N) is 1. The summed E-state index contributed by atoms with van der Waals surface area (Å²) in [6.07, 6.45) is -0.360. The molecule has 51 valence electrons. The SMILES string of the molecule is CC(O)NPP.[CH3-].[V]. The summed E-state index contributed by atoms with van der Waals surface area (Å²) in [5.74, 6) is 0. The van der Waals surface area contributed by atoms with E-state index in [-0.39, 0.29) is 32.2 Å². The molecule has 3 unspecified atom stereocenters. The standard InChI is InChI=1S/C2H9NOP2.CH3.V/c1-2(4)3-6-5;;/h2-4,6H,5H2,1H3;1H3;/q;-1;. The van der Waals surface area contributed by atoms with Crippen LogP contribution in [0.2, 0.25) is 0 Å². The topological polar surface area (TPSA) is 32.3 Å². The molecule has 0 bridgehead atoms. The minimum Gasteiger partial charge on any atom is -0.379 e. The van der Waals surface area contributed by atoms with Crippen molar-refractivity contribution in [3.63, 3.8) is 0 Å². The van der Waals surface area contributed by atoms with Gasteiger partial charge in [0.25, 0.3) is 0 Å². The van der Waals surface area contributed by atoms with Crippen molar-refractivity contribution >= 4 is 17.3 Å². The van der Waals surface area contributed by atoms with Crippen molar-refractivity contribution in [2.24, 2.45) is 0 Å². The van der Waals surface area contributed by atoms with Crippen LogP contribution in [0.15, 0.2) is 0 Å². The average molecular weight is 191 g/mol. The van der Waals surface area contributed by atoms with Crippen molar-refractivity contribution in [1.29, 1.82) is 0 Å². The Hall–Kier alpha value is 1.36. The first-order chi connectivity index (χ1) is 2.77. The van der Waals surface area contributed by atoms with Crippen LogP contribution in [-0.2, 0) is 18.6 Å². The van der Waals surface area contributed by atoms with E-state index in [1.807, 2.05) is 0 Å². The van der Waals surface area contributed by atoms with E-state index in [2.05, 4.69) is 14.0 Å². The van der Waals surface area contributed by atoms with E-state index in [0.717, 1.165) is 0 Å². The van der Waals surface area contributed by atoms with Crippen LogP contribution in [0.5, 0.6) is 0 Å². The Balaban J connectivity index is -0.000000125. The Morgan fingerprint density at radius 3 is 2.12 bits per heavy atom. The summed E-state index contributed by atoms with van der Waals surface area (Å²) in [5.41, 5.74) is 0. The van der Waals surface area contributed by atoms with Crippen LogP contribution < -0.4 is 5.09 Å². The predicted octanol–water partition coefficient (Wildman–Crippen LogP) is 0.746. The fourth-order valence-electron chi connectivity index (χ4n) is 0.121. The summed E-state index contributed by atoms with van der Waals surface area (Å²) in [6.45, 7) is 1.69. The minimum absolute atomic E-state index is 0. The van der Waals surface area contributed by atoms with Crippen LogP contribution in [0, 0.1) is 7.43 Å². The first-order valence-electron chi connectivity index (χ1n) is 1.66. The molecule has 8 heavy (non-hydrogen) atoms. The molecule has 0 saturated heterocycles. The molecule has 0 aliphatic heterocycles. The van der Waals surface area contributed by atoms with Gasteiger partial charge < -0.3 is 12.5 Å². The summed E-state index contributed by atoms with van der Waals surface area (Å²) in [5, 5.41) is 11.2. The molecule has 2 N–H and O–H groups in total. The maximum absolute atomic E-state index is 8.43. The second kappa shape index (κ2) is 11.2. The molecule has 0 aromatic rings.